The van der Waals surface area contributed by atoms with Gasteiger partial charge < -0.3 is 5.32 Å². The van der Waals surface area contributed by atoms with Crippen molar-refractivity contribution in [3.63, 3.8) is 0 Å². The minimum absolute atomic E-state index is 0.787. The zero-order valence-corrected chi connectivity index (χ0v) is 7.79. The Balaban J connectivity index is 2.15. The molecule has 1 aromatic rings. The second kappa shape index (κ2) is 2.85. The van der Waals surface area contributed by atoms with Crippen LogP contribution in [0, 0.1) is 0 Å². The number of benzene rings is 1. The molecule has 3 aliphatic rings. The molecular formula is C12H15N. The fraction of sp³-hybridized carbons (Fsp3) is 0.500. The van der Waals surface area contributed by atoms with E-state index in [9.17, 15) is 0 Å². The molecule has 0 radical (unpaired) electrons. The Morgan fingerprint density at radius 1 is 0.923 bits per heavy atom. The summed E-state index contributed by atoms with van der Waals surface area (Å²) in [5, 5.41) is 3.56. The maximum Gasteiger partial charge on any atom is 0.00205 e. The molecule has 2 aliphatic heterocycles. The van der Waals surface area contributed by atoms with Gasteiger partial charge in [0.25, 0.3) is 0 Å². The van der Waals surface area contributed by atoms with Crippen LogP contribution >= 0.6 is 0 Å². The van der Waals surface area contributed by atoms with Gasteiger partial charge in [0.1, 0.15) is 0 Å². The number of fused-ring (bicyclic) bond motifs is 3. The van der Waals surface area contributed by atoms with Gasteiger partial charge in [-0.3, -0.25) is 0 Å². The molecule has 1 aromatic carbocycles. The fourth-order valence-corrected chi connectivity index (χ4v) is 2.82. The van der Waals surface area contributed by atoms with E-state index in [0.717, 1.165) is 11.8 Å². The molecule has 0 amide bonds. The topological polar surface area (TPSA) is 12.0 Å². The summed E-state index contributed by atoms with van der Waals surface area (Å²) >= 11 is 0. The number of rotatable bonds is 0. The van der Waals surface area contributed by atoms with Crippen LogP contribution in [0.25, 0.3) is 0 Å². The Kier molecular flexibility index (Phi) is 1.66. The third-order valence-corrected chi connectivity index (χ3v) is 3.52. The van der Waals surface area contributed by atoms with Gasteiger partial charge in [0, 0.05) is 13.1 Å². The summed E-state index contributed by atoms with van der Waals surface area (Å²) in [6.07, 6.45) is 2.77. The molecule has 0 saturated carbocycles. The molecule has 0 spiro atoms. The van der Waals surface area contributed by atoms with Gasteiger partial charge in [0.15, 0.2) is 0 Å². The van der Waals surface area contributed by atoms with Crippen LogP contribution in [0.15, 0.2) is 24.3 Å². The summed E-state index contributed by atoms with van der Waals surface area (Å²) < 4.78 is 0. The van der Waals surface area contributed by atoms with Crippen LogP contribution in [0.2, 0.25) is 0 Å². The van der Waals surface area contributed by atoms with Crippen molar-refractivity contribution in [3.05, 3.63) is 35.4 Å². The Hall–Kier alpha value is -0.820. The van der Waals surface area contributed by atoms with Crippen molar-refractivity contribution in [1.29, 1.82) is 0 Å². The van der Waals surface area contributed by atoms with Crippen molar-refractivity contribution in [2.45, 2.75) is 24.7 Å². The highest BCUT2D eigenvalue weighted by Gasteiger charge is 2.29. The maximum absolute atomic E-state index is 3.56. The van der Waals surface area contributed by atoms with Gasteiger partial charge in [-0.2, -0.15) is 0 Å². The minimum atomic E-state index is 0.787. The molecule has 1 saturated heterocycles. The lowest BCUT2D eigenvalue weighted by Crippen LogP contribution is -2.18. The lowest BCUT2D eigenvalue weighted by atomic mass is 9.78. The predicted octanol–water partition coefficient (Wildman–Crippen LogP) is 2.25. The summed E-state index contributed by atoms with van der Waals surface area (Å²) in [7, 11) is 0. The van der Waals surface area contributed by atoms with Crippen molar-refractivity contribution in [2.24, 2.45) is 0 Å². The van der Waals surface area contributed by atoms with E-state index in [4.69, 9.17) is 0 Å². The molecule has 2 heterocycles. The highest BCUT2D eigenvalue weighted by molar-refractivity contribution is 5.37. The summed E-state index contributed by atoms with van der Waals surface area (Å²) in [6.45, 7) is 2.38. The average Bonchev–Trinajstić information content (AvgIpc) is 2.52. The van der Waals surface area contributed by atoms with Gasteiger partial charge in [-0.25, -0.2) is 0 Å². The Morgan fingerprint density at radius 2 is 1.46 bits per heavy atom. The summed E-state index contributed by atoms with van der Waals surface area (Å²) in [6, 6.07) is 9.00. The minimum Gasteiger partial charge on any atom is -0.316 e. The van der Waals surface area contributed by atoms with E-state index in [1.54, 1.807) is 11.1 Å². The van der Waals surface area contributed by atoms with Crippen LogP contribution in [0.3, 0.4) is 0 Å². The van der Waals surface area contributed by atoms with E-state index in [2.05, 4.69) is 29.6 Å². The molecule has 4 rings (SSSR count). The standard InChI is InChI=1S/C12H15N/c1-2-4-12-10-6-5-9(7-13-8-10)11(12)3-1/h1-4,9-10,13H,5-8H2. The molecule has 13 heavy (non-hydrogen) atoms. The zero-order valence-electron chi connectivity index (χ0n) is 7.79. The summed E-state index contributed by atoms with van der Waals surface area (Å²) in [5.74, 6) is 1.57. The first kappa shape index (κ1) is 7.57. The largest absolute Gasteiger partial charge is 0.316 e. The Bertz CT molecular complexity index is 284. The van der Waals surface area contributed by atoms with Crippen LogP contribution in [0.1, 0.15) is 35.8 Å². The molecule has 68 valence electrons. The van der Waals surface area contributed by atoms with E-state index in [1.165, 1.54) is 25.9 Å². The predicted molar refractivity (Wildman–Crippen MR) is 54.0 cm³/mol. The number of hydrogen-bond donors (Lipinski definition) is 1. The molecule has 0 aromatic heterocycles. The smallest absolute Gasteiger partial charge is 0.00205 e. The first-order valence-corrected chi connectivity index (χ1v) is 5.24. The van der Waals surface area contributed by atoms with Crippen LogP contribution < -0.4 is 5.32 Å². The monoisotopic (exact) mass is 173 g/mol. The molecule has 2 bridgehead atoms. The second-order valence-corrected chi connectivity index (χ2v) is 4.26. The average molecular weight is 173 g/mol. The van der Waals surface area contributed by atoms with Crippen molar-refractivity contribution >= 4 is 0 Å². The molecule has 1 heteroatoms. The van der Waals surface area contributed by atoms with E-state index in [1.807, 2.05) is 0 Å². The van der Waals surface area contributed by atoms with Gasteiger partial charge in [-0.1, -0.05) is 24.3 Å². The lowest BCUT2D eigenvalue weighted by molar-refractivity contribution is 0.549. The van der Waals surface area contributed by atoms with Crippen molar-refractivity contribution in [3.8, 4) is 0 Å². The molecule has 2 unspecified atom stereocenters. The van der Waals surface area contributed by atoms with Gasteiger partial charge in [0.2, 0.25) is 0 Å². The number of nitrogens with one attached hydrogen (secondary N) is 1. The normalized spacial score (nSPS) is 31.1. The second-order valence-electron chi connectivity index (χ2n) is 4.26. The van der Waals surface area contributed by atoms with Crippen molar-refractivity contribution < 1.29 is 0 Å². The van der Waals surface area contributed by atoms with E-state index in [0.29, 0.717) is 0 Å². The van der Waals surface area contributed by atoms with Crippen LogP contribution in [0.5, 0.6) is 0 Å². The first-order chi connectivity index (χ1) is 6.45. The zero-order chi connectivity index (χ0) is 8.67. The van der Waals surface area contributed by atoms with Crippen LogP contribution in [0.4, 0.5) is 0 Å². The van der Waals surface area contributed by atoms with E-state index in [-0.39, 0.29) is 0 Å². The third kappa shape index (κ3) is 1.11. The van der Waals surface area contributed by atoms with Gasteiger partial charge in [0.05, 0.1) is 0 Å². The summed E-state index contributed by atoms with van der Waals surface area (Å²) in [4.78, 5) is 0. The molecule has 1 nitrogen and oxygen atoms in total. The third-order valence-electron chi connectivity index (χ3n) is 3.52. The fourth-order valence-electron chi connectivity index (χ4n) is 2.82. The highest BCUT2D eigenvalue weighted by Crippen LogP contribution is 2.39. The quantitative estimate of drug-likeness (QED) is 0.634. The van der Waals surface area contributed by atoms with Crippen LogP contribution in [-0.2, 0) is 0 Å². The maximum atomic E-state index is 3.56. The van der Waals surface area contributed by atoms with E-state index < -0.39 is 0 Å². The molecule has 2 atom stereocenters. The van der Waals surface area contributed by atoms with Gasteiger partial charge in [-0.05, 0) is 35.8 Å². The van der Waals surface area contributed by atoms with Gasteiger partial charge in [-0.15, -0.1) is 0 Å². The number of hydrogen-bond acceptors (Lipinski definition) is 1. The highest BCUT2D eigenvalue weighted by atomic mass is 14.9. The molecule has 1 aliphatic carbocycles. The first-order valence-electron chi connectivity index (χ1n) is 5.24. The van der Waals surface area contributed by atoms with Gasteiger partial charge >= 0.3 is 0 Å². The molecular weight excluding hydrogens is 158 g/mol. The molecule has 1 N–H and O–H groups in total. The molecule has 1 fully saturated rings. The van der Waals surface area contributed by atoms with Crippen molar-refractivity contribution in [1.82, 2.24) is 5.32 Å². The SMILES string of the molecule is c1ccc2c(c1)C1CCC2CNC1. The summed E-state index contributed by atoms with van der Waals surface area (Å²) in [5.41, 5.74) is 3.23. The van der Waals surface area contributed by atoms with E-state index >= 15 is 0 Å². The lowest BCUT2D eigenvalue weighted by Gasteiger charge is -2.26. The Morgan fingerprint density at radius 3 is 2.00 bits per heavy atom. The Labute approximate surface area is 79.2 Å². The van der Waals surface area contributed by atoms with Crippen LogP contribution in [-0.4, -0.2) is 13.1 Å². The van der Waals surface area contributed by atoms with Crippen molar-refractivity contribution in [2.75, 3.05) is 13.1 Å².